The Morgan fingerprint density at radius 2 is 1.70 bits per heavy atom. The van der Waals surface area contributed by atoms with Gasteiger partial charge in [-0.15, -0.1) is 0 Å². The fourth-order valence-electron chi connectivity index (χ4n) is 5.30. The summed E-state index contributed by atoms with van der Waals surface area (Å²) in [5.74, 6) is 0. The molecule has 1 atom stereocenters. The molecule has 1 spiro atoms. The minimum Gasteiger partial charge on any atom is -0.389 e. The number of anilines is 1. The van der Waals surface area contributed by atoms with Crippen LogP contribution >= 0.6 is 0 Å². The van der Waals surface area contributed by atoms with Gasteiger partial charge in [-0.3, -0.25) is 0 Å². The molecule has 0 aromatic heterocycles. The van der Waals surface area contributed by atoms with E-state index in [2.05, 4.69) is 40.1 Å². The van der Waals surface area contributed by atoms with Gasteiger partial charge in [0.1, 0.15) is 0 Å². The predicted molar refractivity (Wildman–Crippen MR) is 110 cm³/mol. The van der Waals surface area contributed by atoms with Gasteiger partial charge in [-0.2, -0.15) is 0 Å². The van der Waals surface area contributed by atoms with E-state index in [-0.39, 0.29) is 6.10 Å². The van der Waals surface area contributed by atoms with Crippen molar-refractivity contribution in [1.29, 1.82) is 0 Å². The number of benzene rings is 1. The molecule has 1 unspecified atom stereocenters. The molecule has 1 aliphatic carbocycles. The van der Waals surface area contributed by atoms with Crippen LogP contribution in [0.5, 0.6) is 0 Å². The van der Waals surface area contributed by atoms with Crippen molar-refractivity contribution in [3.05, 3.63) is 30.3 Å². The maximum Gasteiger partial charge on any atom is 0.0900 e. The normalized spacial score (nSPS) is 25.1. The summed E-state index contributed by atoms with van der Waals surface area (Å²) in [5.41, 5.74) is 1.83. The minimum atomic E-state index is -0.341. The fraction of sp³-hybridized carbons (Fsp3) is 0.739. The van der Waals surface area contributed by atoms with Crippen molar-refractivity contribution in [3.8, 4) is 0 Å². The van der Waals surface area contributed by atoms with Gasteiger partial charge in [-0.25, -0.2) is 0 Å². The van der Waals surface area contributed by atoms with E-state index < -0.39 is 0 Å². The SMILES string of the molecule is OC(COC1CCCCC1)CN1CCC2(CCN(c3ccccc3)CC2)C1. The maximum absolute atomic E-state index is 10.4. The van der Waals surface area contributed by atoms with Gasteiger partial charge in [0.2, 0.25) is 0 Å². The quantitative estimate of drug-likeness (QED) is 0.826. The van der Waals surface area contributed by atoms with E-state index in [9.17, 15) is 5.11 Å². The van der Waals surface area contributed by atoms with Gasteiger partial charge < -0.3 is 19.6 Å². The summed E-state index contributed by atoms with van der Waals surface area (Å²) in [4.78, 5) is 5.01. The largest absolute Gasteiger partial charge is 0.389 e. The number of likely N-dealkylation sites (tertiary alicyclic amines) is 1. The molecule has 4 rings (SSSR count). The van der Waals surface area contributed by atoms with Crippen LogP contribution in [0.25, 0.3) is 0 Å². The third-order valence-electron chi connectivity index (χ3n) is 7.01. The van der Waals surface area contributed by atoms with Crippen molar-refractivity contribution < 1.29 is 9.84 Å². The van der Waals surface area contributed by atoms with Crippen molar-refractivity contribution >= 4 is 5.69 Å². The summed E-state index contributed by atoms with van der Waals surface area (Å²) in [6.07, 6.45) is 10.2. The van der Waals surface area contributed by atoms with Crippen molar-refractivity contribution in [2.45, 2.75) is 63.6 Å². The zero-order valence-corrected chi connectivity index (χ0v) is 16.7. The lowest BCUT2D eigenvalue weighted by Crippen LogP contribution is -2.42. The molecule has 3 aliphatic rings. The molecule has 0 bridgehead atoms. The number of hydrogen-bond acceptors (Lipinski definition) is 4. The molecule has 1 saturated carbocycles. The van der Waals surface area contributed by atoms with Crippen LogP contribution in [-0.2, 0) is 4.74 Å². The number of para-hydroxylation sites is 1. The average molecular weight is 373 g/mol. The maximum atomic E-state index is 10.4. The van der Waals surface area contributed by atoms with E-state index in [0.717, 1.165) is 32.7 Å². The Morgan fingerprint density at radius 1 is 1.00 bits per heavy atom. The smallest absolute Gasteiger partial charge is 0.0900 e. The van der Waals surface area contributed by atoms with E-state index in [1.54, 1.807) is 0 Å². The first-order valence-electron chi connectivity index (χ1n) is 11.0. The number of piperidine rings is 1. The zero-order chi connectivity index (χ0) is 18.5. The lowest BCUT2D eigenvalue weighted by molar-refractivity contribution is -0.0324. The van der Waals surface area contributed by atoms with Crippen LogP contribution in [0.4, 0.5) is 5.69 Å². The number of nitrogens with zero attached hydrogens (tertiary/aromatic N) is 2. The molecule has 0 radical (unpaired) electrons. The van der Waals surface area contributed by atoms with Gasteiger partial charge in [0, 0.05) is 31.9 Å². The monoisotopic (exact) mass is 372 g/mol. The van der Waals surface area contributed by atoms with Crippen LogP contribution in [0.15, 0.2) is 30.3 Å². The van der Waals surface area contributed by atoms with Crippen LogP contribution in [0.1, 0.15) is 51.4 Å². The van der Waals surface area contributed by atoms with Crippen molar-refractivity contribution in [3.63, 3.8) is 0 Å². The molecule has 2 heterocycles. The predicted octanol–water partition coefficient (Wildman–Crippen LogP) is 3.69. The third kappa shape index (κ3) is 5.04. The fourth-order valence-corrected chi connectivity index (χ4v) is 5.30. The molecular weight excluding hydrogens is 336 g/mol. The molecule has 150 valence electrons. The highest BCUT2D eigenvalue weighted by Crippen LogP contribution is 2.41. The van der Waals surface area contributed by atoms with Gasteiger partial charge >= 0.3 is 0 Å². The standard InChI is InChI=1S/C23H36N2O2/c26-21(18-27-22-9-5-2-6-10-22)17-24-14-11-23(19-24)12-15-25(16-13-23)20-7-3-1-4-8-20/h1,3-4,7-8,21-22,26H,2,5-6,9-19H2. The minimum absolute atomic E-state index is 0.341. The summed E-state index contributed by atoms with van der Waals surface area (Å²) >= 11 is 0. The zero-order valence-electron chi connectivity index (χ0n) is 16.7. The van der Waals surface area contributed by atoms with Crippen LogP contribution in [0.3, 0.4) is 0 Å². The number of hydrogen-bond donors (Lipinski definition) is 1. The Balaban J connectivity index is 1.19. The highest BCUT2D eigenvalue weighted by molar-refractivity contribution is 5.46. The molecular formula is C23H36N2O2. The first-order valence-corrected chi connectivity index (χ1v) is 11.0. The molecule has 2 saturated heterocycles. The highest BCUT2D eigenvalue weighted by atomic mass is 16.5. The molecule has 2 aliphatic heterocycles. The molecule has 0 amide bonds. The van der Waals surface area contributed by atoms with Crippen LogP contribution < -0.4 is 4.90 Å². The van der Waals surface area contributed by atoms with Crippen molar-refractivity contribution in [2.24, 2.45) is 5.41 Å². The van der Waals surface area contributed by atoms with E-state index in [1.807, 2.05) is 0 Å². The summed E-state index contributed by atoms with van der Waals surface area (Å²) < 4.78 is 5.97. The summed E-state index contributed by atoms with van der Waals surface area (Å²) in [5, 5.41) is 10.4. The van der Waals surface area contributed by atoms with Crippen LogP contribution in [0.2, 0.25) is 0 Å². The number of ether oxygens (including phenoxy) is 1. The Hall–Kier alpha value is -1.10. The van der Waals surface area contributed by atoms with E-state index >= 15 is 0 Å². The first kappa shape index (κ1) is 19.2. The molecule has 1 aromatic carbocycles. The number of aliphatic hydroxyl groups excluding tert-OH is 1. The summed E-state index contributed by atoms with van der Waals surface area (Å²) in [6, 6.07) is 10.8. The van der Waals surface area contributed by atoms with Crippen LogP contribution in [-0.4, -0.2) is 61.5 Å². The molecule has 4 heteroatoms. The molecule has 3 fully saturated rings. The van der Waals surface area contributed by atoms with Crippen LogP contribution in [0, 0.1) is 5.41 Å². The second-order valence-corrected chi connectivity index (χ2v) is 9.05. The molecule has 4 nitrogen and oxygen atoms in total. The Labute approximate surface area is 164 Å². The Morgan fingerprint density at radius 3 is 2.44 bits per heavy atom. The van der Waals surface area contributed by atoms with Gasteiger partial charge in [0.25, 0.3) is 0 Å². The topological polar surface area (TPSA) is 35.9 Å². The lowest BCUT2D eigenvalue weighted by Gasteiger charge is -2.40. The van der Waals surface area contributed by atoms with E-state index in [0.29, 0.717) is 18.1 Å². The van der Waals surface area contributed by atoms with E-state index in [1.165, 1.54) is 57.1 Å². The van der Waals surface area contributed by atoms with Gasteiger partial charge in [0.05, 0.1) is 18.8 Å². The van der Waals surface area contributed by atoms with Gasteiger partial charge in [-0.05, 0) is 56.2 Å². The Kier molecular flexibility index (Phi) is 6.36. The lowest BCUT2D eigenvalue weighted by atomic mass is 9.77. The summed E-state index contributed by atoms with van der Waals surface area (Å²) in [7, 11) is 0. The molecule has 1 N–H and O–H groups in total. The highest BCUT2D eigenvalue weighted by Gasteiger charge is 2.40. The molecule has 1 aromatic rings. The first-order chi connectivity index (χ1) is 13.2. The molecule has 27 heavy (non-hydrogen) atoms. The number of aliphatic hydroxyl groups is 1. The number of rotatable bonds is 6. The average Bonchev–Trinajstić information content (AvgIpc) is 3.10. The summed E-state index contributed by atoms with van der Waals surface area (Å²) in [6.45, 7) is 5.88. The second kappa shape index (κ2) is 8.93. The van der Waals surface area contributed by atoms with E-state index in [4.69, 9.17) is 4.74 Å². The number of β-amino-alcohol motifs (C(OH)–C–C–N with tert-alkyl or cyclic N) is 1. The van der Waals surface area contributed by atoms with Crippen molar-refractivity contribution in [1.82, 2.24) is 4.90 Å². The van der Waals surface area contributed by atoms with Crippen molar-refractivity contribution in [2.75, 3.05) is 44.2 Å². The third-order valence-corrected chi connectivity index (χ3v) is 7.01. The second-order valence-electron chi connectivity index (χ2n) is 9.05. The van der Waals surface area contributed by atoms with Gasteiger partial charge in [0.15, 0.2) is 0 Å². The Bertz CT molecular complexity index is 565. The van der Waals surface area contributed by atoms with Gasteiger partial charge in [-0.1, -0.05) is 37.5 Å².